The smallest absolute Gasteiger partial charge is 0.306 e. The van der Waals surface area contributed by atoms with E-state index in [0.717, 1.165) is 48.8 Å². The van der Waals surface area contributed by atoms with Crippen LogP contribution >= 0.6 is 0 Å². The number of esters is 1. The van der Waals surface area contributed by atoms with Crippen molar-refractivity contribution in [2.24, 2.45) is 11.8 Å². The van der Waals surface area contributed by atoms with Gasteiger partial charge in [0.05, 0.1) is 18.6 Å². The highest BCUT2D eigenvalue weighted by atomic mass is 16.5. The van der Waals surface area contributed by atoms with Crippen LogP contribution in [-0.2, 0) is 9.53 Å². The van der Waals surface area contributed by atoms with E-state index in [-0.39, 0.29) is 12.1 Å². The van der Waals surface area contributed by atoms with Crippen LogP contribution in [0.2, 0.25) is 0 Å². The lowest BCUT2D eigenvalue weighted by Gasteiger charge is -2.48. The number of piperidine rings is 3. The number of unbranched alkanes of at least 4 members (excludes halogenated alkanes) is 1. The van der Waals surface area contributed by atoms with Crippen molar-refractivity contribution in [3.05, 3.63) is 54.7 Å². The van der Waals surface area contributed by atoms with E-state index >= 15 is 0 Å². The number of quaternary nitrogens is 1. The highest BCUT2D eigenvalue weighted by Gasteiger charge is 2.47. The number of ether oxygens (including phenoxy) is 1. The Bertz CT molecular complexity index is 844. The molecule has 0 spiro atoms. The summed E-state index contributed by atoms with van der Waals surface area (Å²) in [6, 6.07) is 10.5. The van der Waals surface area contributed by atoms with Gasteiger partial charge in [-0.2, -0.15) is 0 Å². The number of pyridine rings is 1. The molecular weight excluding hydrogens is 348 g/mol. The van der Waals surface area contributed by atoms with Crippen molar-refractivity contribution in [1.29, 1.82) is 0 Å². The predicted molar refractivity (Wildman–Crippen MR) is 111 cm³/mol. The van der Waals surface area contributed by atoms with Crippen LogP contribution in [0.3, 0.4) is 0 Å². The first kappa shape index (κ1) is 19.1. The lowest BCUT2D eigenvalue weighted by Crippen LogP contribution is -3.20. The Morgan fingerprint density at radius 3 is 3.00 bits per heavy atom. The topological polar surface area (TPSA) is 43.6 Å². The molecule has 1 aromatic carbocycles. The Hall–Kier alpha value is -2.20. The Balaban J connectivity index is 1.68. The molecule has 4 nitrogen and oxygen atoms in total. The number of hydrogen-bond donors (Lipinski definition) is 1. The third-order valence-electron chi connectivity index (χ3n) is 6.67. The molecule has 0 amide bonds. The summed E-state index contributed by atoms with van der Waals surface area (Å²) in [5.41, 5.74) is 2.07. The maximum atomic E-state index is 12.6. The SMILES string of the molecule is C=C[C@H]1C[NH+]2CC[C@H]1C[C@H]2[C@H](OC(=O)CCCC)c1ccnc2ccccc12. The van der Waals surface area contributed by atoms with Crippen molar-refractivity contribution in [1.82, 2.24) is 4.98 Å². The largest absolute Gasteiger partial charge is 0.451 e. The number of para-hydroxylation sites is 1. The van der Waals surface area contributed by atoms with Crippen molar-refractivity contribution >= 4 is 16.9 Å². The highest BCUT2D eigenvalue weighted by Crippen LogP contribution is 2.36. The van der Waals surface area contributed by atoms with E-state index < -0.39 is 0 Å². The first-order chi connectivity index (χ1) is 13.7. The summed E-state index contributed by atoms with van der Waals surface area (Å²) < 4.78 is 6.19. The zero-order valence-corrected chi connectivity index (χ0v) is 16.8. The Kier molecular flexibility index (Phi) is 5.77. The number of fused-ring (bicyclic) bond motifs is 4. The van der Waals surface area contributed by atoms with Crippen molar-refractivity contribution in [3.8, 4) is 0 Å². The summed E-state index contributed by atoms with van der Waals surface area (Å²) in [6.07, 6.45) is 8.49. The monoisotopic (exact) mass is 379 g/mol. The second kappa shape index (κ2) is 8.44. The maximum absolute atomic E-state index is 12.6. The fourth-order valence-electron chi connectivity index (χ4n) is 5.14. The minimum Gasteiger partial charge on any atom is -0.451 e. The quantitative estimate of drug-likeness (QED) is 0.592. The molecule has 2 bridgehead atoms. The fourth-order valence-corrected chi connectivity index (χ4v) is 5.14. The summed E-state index contributed by atoms with van der Waals surface area (Å²) in [5.74, 6) is 1.17. The Morgan fingerprint density at radius 1 is 1.39 bits per heavy atom. The number of nitrogens with zero attached hydrogens (tertiary/aromatic N) is 1. The number of hydrogen-bond acceptors (Lipinski definition) is 3. The standard InChI is InChI=1S/C24H30N2O2/c1-3-5-10-23(27)28-24(20-11-13-25-21-9-7-6-8-19(20)21)22-15-18-12-14-26(22)16-17(18)4-2/h4,6-9,11,13,17-18,22,24H,2-3,5,10,12,14-16H2,1H3/p+1/t17-,18-,22-,24+/m0/s1. The zero-order chi connectivity index (χ0) is 19.5. The fraction of sp³-hybridized carbons (Fsp3) is 0.500. The van der Waals surface area contributed by atoms with Gasteiger partial charge >= 0.3 is 5.97 Å². The predicted octanol–water partition coefficient (Wildman–Crippen LogP) is 3.49. The minimum absolute atomic E-state index is 0.0740. The summed E-state index contributed by atoms with van der Waals surface area (Å²) in [7, 11) is 0. The number of aromatic nitrogens is 1. The van der Waals surface area contributed by atoms with Gasteiger partial charge in [0.25, 0.3) is 0 Å². The van der Waals surface area contributed by atoms with Crippen LogP contribution in [0.1, 0.15) is 50.7 Å². The van der Waals surface area contributed by atoms with Crippen LogP contribution in [0.15, 0.2) is 49.2 Å². The molecule has 0 aliphatic carbocycles. The van der Waals surface area contributed by atoms with Gasteiger partial charge in [-0.25, -0.2) is 0 Å². The van der Waals surface area contributed by atoms with E-state index in [2.05, 4.69) is 30.6 Å². The van der Waals surface area contributed by atoms with Gasteiger partial charge in [0.1, 0.15) is 6.04 Å². The number of benzene rings is 1. The molecule has 5 atom stereocenters. The Morgan fingerprint density at radius 2 is 2.25 bits per heavy atom. The van der Waals surface area contributed by atoms with Gasteiger partial charge < -0.3 is 9.64 Å². The van der Waals surface area contributed by atoms with Gasteiger partial charge in [-0.15, -0.1) is 6.58 Å². The lowest BCUT2D eigenvalue weighted by atomic mass is 9.73. The van der Waals surface area contributed by atoms with Gasteiger partial charge in [0, 0.05) is 42.3 Å². The third kappa shape index (κ3) is 3.70. The third-order valence-corrected chi connectivity index (χ3v) is 6.67. The van der Waals surface area contributed by atoms with Crippen molar-refractivity contribution in [3.63, 3.8) is 0 Å². The van der Waals surface area contributed by atoms with E-state index in [1.54, 1.807) is 4.90 Å². The average molecular weight is 380 g/mol. The van der Waals surface area contributed by atoms with Gasteiger partial charge in [-0.3, -0.25) is 9.78 Å². The summed E-state index contributed by atoms with van der Waals surface area (Å²) >= 11 is 0. The highest BCUT2D eigenvalue weighted by molar-refractivity contribution is 5.82. The van der Waals surface area contributed by atoms with E-state index in [9.17, 15) is 4.79 Å². The Labute approximate surface area is 167 Å². The second-order valence-corrected chi connectivity index (χ2v) is 8.33. The van der Waals surface area contributed by atoms with Crippen molar-refractivity contribution in [2.45, 2.75) is 51.2 Å². The van der Waals surface area contributed by atoms with Crippen LogP contribution in [0, 0.1) is 11.8 Å². The molecule has 0 radical (unpaired) electrons. The van der Waals surface area contributed by atoms with Gasteiger partial charge in [-0.1, -0.05) is 37.6 Å². The molecule has 1 N–H and O–H groups in total. The number of carbonyl (C=O) groups is 1. The maximum Gasteiger partial charge on any atom is 0.306 e. The molecule has 4 heteroatoms. The van der Waals surface area contributed by atoms with Gasteiger partial charge in [0.15, 0.2) is 6.10 Å². The van der Waals surface area contributed by atoms with Crippen LogP contribution < -0.4 is 4.90 Å². The minimum atomic E-state index is -0.208. The molecule has 3 fully saturated rings. The molecule has 1 unspecified atom stereocenters. The molecule has 1 aromatic heterocycles. The first-order valence-corrected chi connectivity index (χ1v) is 10.7. The van der Waals surface area contributed by atoms with Gasteiger partial charge in [-0.05, 0) is 24.5 Å². The molecule has 3 saturated heterocycles. The summed E-state index contributed by atoms with van der Waals surface area (Å²) in [5, 5.41) is 1.10. The average Bonchev–Trinajstić information content (AvgIpc) is 2.76. The van der Waals surface area contributed by atoms with Crippen LogP contribution in [-0.4, -0.2) is 30.1 Å². The molecule has 2 aromatic rings. The molecule has 3 aliphatic rings. The normalized spacial score (nSPS) is 27.5. The lowest BCUT2D eigenvalue weighted by molar-refractivity contribution is -0.949. The number of carbonyl (C=O) groups excluding carboxylic acids is 1. The van der Waals surface area contributed by atoms with E-state index in [1.165, 1.54) is 6.42 Å². The number of nitrogens with one attached hydrogen (secondary N) is 1. The molecule has 28 heavy (non-hydrogen) atoms. The molecule has 5 rings (SSSR count). The van der Waals surface area contributed by atoms with Crippen LogP contribution in [0.4, 0.5) is 0 Å². The number of rotatable bonds is 7. The van der Waals surface area contributed by atoms with Crippen LogP contribution in [0.5, 0.6) is 0 Å². The molecule has 0 saturated carbocycles. The summed E-state index contributed by atoms with van der Waals surface area (Å²) in [6.45, 7) is 8.41. The van der Waals surface area contributed by atoms with Crippen molar-refractivity contribution in [2.75, 3.05) is 13.1 Å². The molecule has 3 aliphatic heterocycles. The zero-order valence-electron chi connectivity index (χ0n) is 16.8. The van der Waals surface area contributed by atoms with Crippen molar-refractivity contribution < 1.29 is 14.4 Å². The van der Waals surface area contributed by atoms with E-state index in [0.29, 0.717) is 24.3 Å². The van der Waals surface area contributed by atoms with E-state index in [1.807, 2.05) is 30.5 Å². The first-order valence-electron chi connectivity index (χ1n) is 10.7. The molecule has 148 valence electrons. The summed E-state index contributed by atoms with van der Waals surface area (Å²) in [4.78, 5) is 18.7. The van der Waals surface area contributed by atoms with E-state index in [4.69, 9.17) is 4.74 Å². The van der Waals surface area contributed by atoms with Gasteiger partial charge in [0.2, 0.25) is 0 Å². The van der Waals surface area contributed by atoms with Crippen LogP contribution in [0.25, 0.3) is 10.9 Å². The molecular formula is C24H31N2O2+. The molecule has 4 heterocycles. The second-order valence-electron chi connectivity index (χ2n) is 8.33.